The third kappa shape index (κ3) is 8.47. The van der Waals surface area contributed by atoms with Crippen LogP contribution in [0, 0.1) is 0 Å². The van der Waals surface area contributed by atoms with Gasteiger partial charge >= 0.3 is 0 Å². The third-order valence-corrected chi connectivity index (χ3v) is 11.9. The van der Waals surface area contributed by atoms with Crippen LogP contribution in [0.3, 0.4) is 0 Å². The quantitative estimate of drug-likeness (QED) is 0.125. The van der Waals surface area contributed by atoms with Gasteiger partial charge in [-0.3, -0.25) is 0 Å². The van der Waals surface area contributed by atoms with E-state index in [9.17, 15) is 0 Å². The molecule has 4 aromatic carbocycles. The van der Waals surface area contributed by atoms with E-state index in [4.69, 9.17) is 18.9 Å². The van der Waals surface area contributed by atoms with E-state index in [1.54, 1.807) is 47.0 Å². The lowest BCUT2D eigenvalue weighted by atomic mass is 10.3. The lowest BCUT2D eigenvalue weighted by molar-refractivity contribution is 0.299. The minimum absolute atomic E-state index is 0.622. The number of halogens is 1. The predicted molar refractivity (Wildman–Crippen MR) is 193 cm³/mol. The molecule has 45 heavy (non-hydrogen) atoms. The Kier molecular flexibility index (Phi) is 13.1. The maximum absolute atomic E-state index is 6.54. The van der Waals surface area contributed by atoms with Crippen molar-refractivity contribution >= 4 is 63.0 Å². The van der Waals surface area contributed by atoms with Crippen molar-refractivity contribution in [3.8, 4) is 23.0 Å². The zero-order valence-electron chi connectivity index (χ0n) is 26.2. The summed E-state index contributed by atoms with van der Waals surface area (Å²) in [5.41, 5.74) is 0. The second kappa shape index (κ2) is 17.2. The van der Waals surface area contributed by atoms with Crippen molar-refractivity contribution in [1.29, 1.82) is 0 Å². The van der Waals surface area contributed by atoms with Gasteiger partial charge in [-0.05, 0) is 90.1 Å². The summed E-state index contributed by atoms with van der Waals surface area (Å²) in [4.78, 5) is 8.39. The number of hydrogen-bond acceptors (Lipinski definition) is 8. The first-order valence-electron chi connectivity index (χ1n) is 15.5. The van der Waals surface area contributed by atoms with Gasteiger partial charge in [0.05, 0.1) is 65.6 Å². The Morgan fingerprint density at radius 2 is 0.733 bits per heavy atom. The summed E-state index contributed by atoms with van der Waals surface area (Å²) in [6, 6.07) is 23.4. The molecule has 0 spiro atoms. The highest BCUT2D eigenvalue weighted by molar-refractivity contribution is 9.10. The van der Waals surface area contributed by atoms with Gasteiger partial charge in [-0.1, -0.05) is 92.9 Å². The molecule has 8 bridgehead atoms. The highest BCUT2D eigenvalue weighted by Gasteiger charge is 2.24. The topological polar surface area (TPSA) is 36.9 Å². The van der Waals surface area contributed by atoms with E-state index in [-0.39, 0.29) is 0 Å². The minimum atomic E-state index is 0.622. The number of benzene rings is 4. The van der Waals surface area contributed by atoms with Gasteiger partial charge < -0.3 is 18.9 Å². The van der Waals surface area contributed by atoms with E-state index in [1.165, 1.54) is 0 Å². The lowest BCUT2D eigenvalue weighted by Gasteiger charge is -2.22. The summed E-state index contributed by atoms with van der Waals surface area (Å²) in [7, 11) is 0. The van der Waals surface area contributed by atoms with Gasteiger partial charge in [-0.15, -0.1) is 0 Å². The molecule has 5 rings (SSSR count). The molecule has 238 valence electrons. The molecule has 0 N–H and O–H groups in total. The van der Waals surface area contributed by atoms with Crippen molar-refractivity contribution in [2.24, 2.45) is 0 Å². The summed E-state index contributed by atoms with van der Waals surface area (Å²) < 4.78 is 27.0. The van der Waals surface area contributed by atoms with Gasteiger partial charge in [0, 0.05) is 4.47 Å². The van der Waals surface area contributed by atoms with Gasteiger partial charge in [0.25, 0.3) is 0 Å². The molecule has 0 unspecified atom stereocenters. The molecule has 9 heteroatoms. The zero-order chi connectivity index (χ0) is 31.6. The highest BCUT2D eigenvalue weighted by atomic mass is 79.9. The molecular formula is C36H39BrO4S4. The maximum atomic E-state index is 6.54. The average Bonchev–Trinajstić information content (AvgIpc) is 3.04. The maximum Gasteiger partial charge on any atom is 0.148 e. The van der Waals surface area contributed by atoms with Crippen LogP contribution in [-0.2, 0) is 0 Å². The molecule has 0 atom stereocenters. The van der Waals surface area contributed by atoms with E-state index in [2.05, 4.69) is 110 Å². The fraction of sp³-hybridized carbons (Fsp3) is 0.333. The van der Waals surface area contributed by atoms with Gasteiger partial charge in [-0.25, -0.2) is 0 Å². The average molecular weight is 744 g/mol. The Morgan fingerprint density at radius 3 is 1.09 bits per heavy atom. The lowest BCUT2D eigenvalue weighted by Crippen LogP contribution is -2.02. The standard InChI is InChI=1S/C36H39BrO4S4/c1-5-20-38-32-25-12-9-13-26(32)43-29-16-11-17-30(34(29)40-22-7-3)45-36-24(37)18-19-31(35(36)41-23-8-4)44-28-15-10-14-27(42-25)33(28)39-21-6-2/h9-19H,5-8,20-23H2,1-4H3. The molecule has 0 fully saturated rings. The van der Waals surface area contributed by atoms with Crippen LogP contribution >= 0.6 is 63.0 Å². The monoisotopic (exact) mass is 742 g/mol. The van der Waals surface area contributed by atoms with Gasteiger partial charge in [-0.2, -0.15) is 0 Å². The molecule has 0 saturated carbocycles. The molecule has 4 nitrogen and oxygen atoms in total. The summed E-state index contributed by atoms with van der Waals surface area (Å²) >= 11 is 10.6. The molecule has 0 amide bonds. The number of hydrogen-bond donors (Lipinski definition) is 0. The minimum Gasteiger partial charge on any atom is -0.491 e. The van der Waals surface area contributed by atoms with Crippen LogP contribution in [-0.4, -0.2) is 26.4 Å². The normalized spacial score (nSPS) is 12.5. The Bertz CT molecular complexity index is 1600. The van der Waals surface area contributed by atoms with Crippen LogP contribution in [0.15, 0.2) is 110 Å². The summed E-state index contributed by atoms with van der Waals surface area (Å²) in [6.45, 7) is 11.1. The fourth-order valence-corrected chi connectivity index (χ4v) is 9.52. The van der Waals surface area contributed by atoms with Gasteiger partial charge in [0.15, 0.2) is 0 Å². The largest absolute Gasteiger partial charge is 0.491 e. The van der Waals surface area contributed by atoms with Crippen molar-refractivity contribution in [2.45, 2.75) is 92.5 Å². The molecule has 0 aliphatic carbocycles. The van der Waals surface area contributed by atoms with Crippen LogP contribution in [0.5, 0.6) is 23.0 Å². The first kappa shape index (κ1) is 34.3. The number of fused-ring (bicyclic) bond motifs is 8. The predicted octanol–water partition coefficient (Wildman–Crippen LogP) is 12.5. The van der Waals surface area contributed by atoms with Crippen molar-refractivity contribution < 1.29 is 18.9 Å². The first-order chi connectivity index (χ1) is 22.1. The first-order valence-corrected chi connectivity index (χ1v) is 19.6. The highest BCUT2D eigenvalue weighted by Crippen LogP contribution is 2.54. The summed E-state index contributed by atoms with van der Waals surface area (Å²) in [5.74, 6) is 3.53. The van der Waals surface area contributed by atoms with Crippen LogP contribution < -0.4 is 18.9 Å². The smallest absolute Gasteiger partial charge is 0.148 e. The fourth-order valence-electron chi connectivity index (χ4n) is 4.51. The summed E-state index contributed by atoms with van der Waals surface area (Å²) in [5, 5.41) is 0. The Labute approximate surface area is 293 Å². The molecule has 1 aliphatic heterocycles. The summed E-state index contributed by atoms with van der Waals surface area (Å²) in [6.07, 6.45) is 3.67. The van der Waals surface area contributed by atoms with Crippen LogP contribution in [0.4, 0.5) is 0 Å². The SMILES string of the molecule is CCCOc1c2cccc1Sc1cccc(c1OCCC)Sc1c(Br)ccc(c1OCCC)Sc1cccc(c1OCCC)S2. The van der Waals surface area contributed by atoms with E-state index in [0.29, 0.717) is 26.4 Å². The molecule has 1 heterocycles. The van der Waals surface area contributed by atoms with Crippen molar-refractivity contribution in [1.82, 2.24) is 0 Å². The van der Waals surface area contributed by atoms with Gasteiger partial charge in [0.1, 0.15) is 23.0 Å². The molecule has 0 aromatic heterocycles. The zero-order valence-corrected chi connectivity index (χ0v) is 31.0. The molecule has 1 aliphatic rings. The van der Waals surface area contributed by atoms with Crippen molar-refractivity contribution in [3.05, 3.63) is 71.2 Å². The number of ether oxygens (including phenoxy) is 4. The molecule has 4 aromatic rings. The van der Waals surface area contributed by atoms with E-state index >= 15 is 0 Å². The number of para-hydroxylation sites is 3. The van der Waals surface area contributed by atoms with Crippen LogP contribution in [0.1, 0.15) is 53.4 Å². The third-order valence-electron chi connectivity index (χ3n) is 6.53. The molecular weight excluding hydrogens is 705 g/mol. The Morgan fingerprint density at radius 1 is 0.422 bits per heavy atom. The van der Waals surface area contributed by atoms with E-state index in [1.807, 2.05) is 0 Å². The van der Waals surface area contributed by atoms with Crippen molar-refractivity contribution in [3.63, 3.8) is 0 Å². The second-order valence-electron chi connectivity index (χ2n) is 10.3. The number of rotatable bonds is 12. The van der Waals surface area contributed by atoms with Gasteiger partial charge in [0.2, 0.25) is 0 Å². The van der Waals surface area contributed by atoms with E-state index in [0.717, 1.165) is 92.3 Å². The molecule has 0 radical (unpaired) electrons. The second-order valence-corrected chi connectivity index (χ2v) is 15.4. The van der Waals surface area contributed by atoms with Crippen molar-refractivity contribution in [2.75, 3.05) is 26.4 Å². The van der Waals surface area contributed by atoms with Crippen LogP contribution in [0.25, 0.3) is 0 Å². The Hall–Kier alpha value is -2.04. The van der Waals surface area contributed by atoms with E-state index < -0.39 is 0 Å². The Balaban J connectivity index is 1.76. The van der Waals surface area contributed by atoms with Crippen LogP contribution in [0.2, 0.25) is 0 Å². The molecule has 0 saturated heterocycles.